The molecule has 3 rings (SSSR count). The third-order valence-corrected chi connectivity index (χ3v) is 9.15. The van der Waals surface area contributed by atoms with Gasteiger partial charge in [-0.3, -0.25) is 13.9 Å². The van der Waals surface area contributed by atoms with E-state index in [2.05, 4.69) is 5.32 Å². The molecule has 0 aliphatic carbocycles. The molecule has 2 amide bonds. The first-order chi connectivity index (χ1) is 19.4. The molecule has 0 radical (unpaired) electrons. The number of hydrogen-bond donors (Lipinski definition) is 1. The van der Waals surface area contributed by atoms with Gasteiger partial charge in [-0.25, -0.2) is 8.42 Å². The number of ether oxygens (including phenoxy) is 1. The summed E-state index contributed by atoms with van der Waals surface area (Å²) in [6.07, 6.45) is 0.705. The lowest BCUT2D eigenvalue weighted by molar-refractivity contribution is -0.139. The Morgan fingerprint density at radius 2 is 1.61 bits per heavy atom. The number of aryl methyl sites for hydroxylation is 1. The molecule has 11 heteroatoms. The molecule has 2 atom stereocenters. The number of nitrogens with one attached hydrogen (secondary N) is 1. The molecular weight excluding hydrogens is 585 g/mol. The van der Waals surface area contributed by atoms with Crippen molar-refractivity contribution in [3.63, 3.8) is 0 Å². The van der Waals surface area contributed by atoms with E-state index in [4.69, 9.17) is 27.9 Å². The molecule has 0 spiro atoms. The largest absolute Gasteiger partial charge is 0.497 e. The maximum absolute atomic E-state index is 14.0. The van der Waals surface area contributed by atoms with Gasteiger partial charge in [0.25, 0.3) is 10.0 Å². The van der Waals surface area contributed by atoms with Gasteiger partial charge in [0.1, 0.15) is 18.3 Å². The minimum Gasteiger partial charge on any atom is -0.497 e. The summed E-state index contributed by atoms with van der Waals surface area (Å²) in [5, 5.41) is 3.65. The van der Waals surface area contributed by atoms with E-state index in [0.717, 1.165) is 9.87 Å². The zero-order valence-electron chi connectivity index (χ0n) is 23.7. The van der Waals surface area contributed by atoms with Crippen LogP contribution in [0.2, 0.25) is 10.0 Å². The molecular formula is C30H35Cl2N3O5S. The highest BCUT2D eigenvalue weighted by atomic mass is 35.5. The molecule has 0 aliphatic heterocycles. The van der Waals surface area contributed by atoms with Gasteiger partial charge in [-0.05, 0) is 81.3 Å². The summed E-state index contributed by atoms with van der Waals surface area (Å²) in [4.78, 5) is 28.5. The van der Waals surface area contributed by atoms with Crippen LogP contribution in [0.25, 0.3) is 0 Å². The lowest BCUT2D eigenvalue weighted by Crippen LogP contribution is -2.52. The number of carbonyl (C=O) groups is 2. The quantitative estimate of drug-likeness (QED) is 0.275. The van der Waals surface area contributed by atoms with Crippen molar-refractivity contribution in [2.24, 2.45) is 0 Å². The minimum absolute atomic E-state index is 0.0125. The van der Waals surface area contributed by atoms with Crippen LogP contribution in [0, 0.1) is 6.92 Å². The number of anilines is 1. The van der Waals surface area contributed by atoms with Crippen LogP contribution in [-0.2, 0) is 26.2 Å². The molecule has 0 fully saturated rings. The lowest BCUT2D eigenvalue weighted by atomic mass is 10.1. The number of benzene rings is 3. The van der Waals surface area contributed by atoms with Crippen LogP contribution in [0.4, 0.5) is 5.69 Å². The van der Waals surface area contributed by atoms with E-state index < -0.39 is 28.5 Å². The van der Waals surface area contributed by atoms with Crippen LogP contribution >= 0.6 is 23.2 Å². The first-order valence-electron chi connectivity index (χ1n) is 13.1. The summed E-state index contributed by atoms with van der Waals surface area (Å²) in [6, 6.07) is 16.6. The van der Waals surface area contributed by atoms with E-state index in [1.54, 1.807) is 49.4 Å². The molecule has 3 aromatic rings. The summed E-state index contributed by atoms with van der Waals surface area (Å²) in [6.45, 7) is 6.71. The second-order valence-electron chi connectivity index (χ2n) is 9.77. The Kier molecular flexibility index (Phi) is 11.1. The minimum atomic E-state index is -4.19. The number of halogens is 2. The Hall–Kier alpha value is -3.27. The standard InChI is InChI=1S/C30H35Cl2N3O5S/c1-6-21(3)33-30(37)22(4)34(18-23-9-10-24(31)17-28(23)32)29(36)19-35(25-11-7-20(2)8-12-25)41(38,39)27-15-13-26(40-5)14-16-27/h7-17,21-22H,6,18-19H2,1-5H3,(H,33,37)/t21-,22-/m1/s1. The van der Waals surface area contributed by atoms with Gasteiger partial charge in [0.2, 0.25) is 11.8 Å². The molecule has 8 nitrogen and oxygen atoms in total. The van der Waals surface area contributed by atoms with Crippen LogP contribution in [0.5, 0.6) is 5.75 Å². The van der Waals surface area contributed by atoms with Crippen molar-refractivity contribution in [3.8, 4) is 5.75 Å². The highest BCUT2D eigenvalue weighted by Gasteiger charge is 2.33. The maximum Gasteiger partial charge on any atom is 0.264 e. The van der Waals surface area contributed by atoms with Crippen molar-refractivity contribution >= 4 is 50.7 Å². The molecule has 0 saturated carbocycles. The van der Waals surface area contributed by atoms with Crippen molar-refractivity contribution in [1.82, 2.24) is 10.2 Å². The Labute approximate surface area is 252 Å². The molecule has 0 aromatic heterocycles. The summed E-state index contributed by atoms with van der Waals surface area (Å²) in [7, 11) is -2.70. The fraction of sp³-hybridized carbons (Fsp3) is 0.333. The summed E-state index contributed by atoms with van der Waals surface area (Å²) >= 11 is 12.5. The third kappa shape index (κ3) is 8.15. The van der Waals surface area contributed by atoms with E-state index in [1.165, 1.54) is 36.3 Å². The summed E-state index contributed by atoms with van der Waals surface area (Å²) in [5.74, 6) is -0.452. The average Bonchev–Trinajstić information content (AvgIpc) is 2.95. The van der Waals surface area contributed by atoms with Crippen LogP contribution in [-0.4, -0.2) is 50.9 Å². The predicted octanol–water partition coefficient (Wildman–Crippen LogP) is 5.84. The summed E-state index contributed by atoms with van der Waals surface area (Å²) in [5.41, 5.74) is 1.80. The van der Waals surface area contributed by atoms with Crippen molar-refractivity contribution in [2.75, 3.05) is 18.0 Å². The van der Waals surface area contributed by atoms with E-state index in [0.29, 0.717) is 33.5 Å². The number of rotatable bonds is 12. The average molecular weight is 621 g/mol. The fourth-order valence-corrected chi connectivity index (χ4v) is 5.88. The molecule has 0 saturated heterocycles. The number of carbonyl (C=O) groups excluding carboxylic acids is 2. The molecule has 1 N–H and O–H groups in total. The van der Waals surface area contributed by atoms with Crippen LogP contribution in [0.15, 0.2) is 71.6 Å². The normalized spacial score (nSPS) is 12.8. The maximum atomic E-state index is 14.0. The van der Waals surface area contributed by atoms with Gasteiger partial charge < -0.3 is 15.0 Å². The number of hydrogen-bond acceptors (Lipinski definition) is 5. The Morgan fingerprint density at radius 3 is 2.17 bits per heavy atom. The molecule has 3 aromatic carbocycles. The Balaban J connectivity index is 2.04. The molecule has 220 valence electrons. The smallest absolute Gasteiger partial charge is 0.264 e. The van der Waals surface area contributed by atoms with Crippen molar-refractivity contribution < 1.29 is 22.7 Å². The van der Waals surface area contributed by atoms with E-state index in [-0.39, 0.29) is 23.4 Å². The highest BCUT2D eigenvalue weighted by molar-refractivity contribution is 7.92. The molecule has 0 aliphatic rings. The Morgan fingerprint density at radius 1 is 0.976 bits per heavy atom. The van der Waals surface area contributed by atoms with Crippen molar-refractivity contribution in [3.05, 3.63) is 87.9 Å². The van der Waals surface area contributed by atoms with Crippen LogP contribution in [0.3, 0.4) is 0 Å². The zero-order valence-corrected chi connectivity index (χ0v) is 26.1. The van der Waals surface area contributed by atoms with Gasteiger partial charge in [-0.15, -0.1) is 0 Å². The molecule has 0 bridgehead atoms. The zero-order chi connectivity index (χ0) is 30.3. The van der Waals surface area contributed by atoms with Crippen LogP contribution < -0.4 is 14.4 Å². The molecule has 0 heterocycles. The number of nitrogens with zero attached hydrogens (tertiary/aromatic N) is 2. The van der Waals surface area contributed by atoms with Crippen molar-refractivity contribution in [1.29, 1.82) is 0 Å². The predicted molar refractivity (Wildman–Crippen MR) is 163 cm³/mol. The van der Waals surface area contributed by atoms with E-state index in [1.807, 2.05) is 20.8 Å². The SMILES string of the molecule is CC[C@@H](C)NC(=O)[C@@H](C)N(Cc1ccc(Cl)cc1Cl)C(=O)CN(c1ccc(C)cc1)S(=O)(=O)c1ccc(OC)cc1. The van der Waals surface area contributed by atoms with Gasteiger partial charge >= 0.3 is 0 Å². The van der Waals surface area contributed by atoms with Gasteiger partial charge in [0.15, 0.2) is 0 Å². The lowest BCUT2D eigenvalue weighted by Gasteiger charge is -2.32. The first kappa shape index (κ1) is 32.2. The topological polar surface area (TPSA) is 96.0 Å². The summed E-state index contributed by atoms with van der Waals surface area (Å²) < 4.78 is 34.0. The van der Waals surface area contributed by atoms with Gasteiger partial charge in [-0.1, -0.05) is 53.9 Å². The highest BCUT2D eigenvalue weighted by Crippen LogP contribution is 2.27. The fourth-order valence-electron chi connectivity index (χ4n) is 4.00. The Bertz CT molecular complexity index is 1460. The third-order valence-electron chi connectivity index (χ3n) is 6.77. The molecule has 41 heavy (non-hydrogen) atoms. The number of sulfonamides is 1. The van der Waals surface area contributed by atoms with Gasteiger partial charge in [0.05, 0.1) is 17.7 Å². The number of amides is 2. The van der Waals surface area contributed by atoms with Crippen LogP contribution in [0.1, 0.15) is 38.3 Å². The second-order valence-corrected chi connectivity index (χ2v) is 12.5. The van der Waals surface area contributed by atoms with Crippen molar-refractivity contribution in [2.45, 2.75) is 57.6 Å². The van der Waals surface area contributed by atoms with E-state index >= 15 is 0 Å². The van der Waals surface area contributed by atoms with E-state index in [9.17, 15) is 18.0 Å². The second kappa shape index (κ2) is 14.1. The first-order valence-corrected chi connectivity index (χ1v) is 15.3. The van der Waals surface area contributed by atoms with Gasteiger partial charge in [-0.2, -0.15) is 0 Å². The monoisotopic (exact) mass is 619 g/mol. The number of methoxy groups -OCH3 is 1. The molecule has 0 unspecified atom stereocenters. The van der Waals surface area contributed by atoms with Gasteiger partial charge in [0, 0.05) is 22.6 Å².